The zero-order valence-corrected chi connectivity index (χ0v) is 11.9. The quantitative estimate of drug-likeness (QED) is 0.811. The Morgan fingerprint density at radius 1 is 1.24 bits per heavy atom. The largest absolute Gasteiger partial charge is 0.384 e. The average Bonchev–Trinajstić information content (AvgIpc) is 2.28. The van der Waals surface area contributed by atoms with Crippen molar-refractivity contribution in [2.24, 2.45) is 11.8 Å². The molecule has 0 aromatic heterocycles. The van der Waals surface area contributed by atoms with Gasteiger partial charge in [-0.1, -0.05) is 31.5 Å². The van der Waals surface area contributed by atoms with E-state index >= 15 is 0 Å². The molecule has 96 valence electrons. The van der Waals surface area contributed by atoms with Crippen LogP contribution in [0.5, 0.6) is 0 Å². The van der Waals surface area contributed by atoms with E-state index in [1.54, 1.807) is 0 Å². The maximum absolute atomic E-state index is 6.00. The zero-order valence-electron chi connectivity index (χ0n) is 11.2. The summed E-state index contributed by atoms with van der Waals surface area (Å²) in [7, 11) is 2.00. The lowest BCUT2D eigenvalue weighted by atomic mass is 9.95. The van der Waals surface area contributed by atoms with Crippen molar-refractivity contribution in [2.75, 3.05) is 25.5 Å². The molecular weight excluding hydrogens is 232 g/mol. The number of anilines is 1. The van der Waals surface area contributed by atoms with E-state index in [9.17, 15) is 0 Å². The molecule has 17 heavy (non-hydrogen) atoms. The Kier molecular flexibility index (Phi) is 5.79. The van der Waals surface area contributed by atoms with Crippen LogP contribution in [0.4, 0.5) is 5.69 Å². The van der Waals surface area contributed by atoms with Gasteiger partial charge in [0, 0.05) is 17.3 Å². The molecule has 3 heteroatoms. The van der Waals surface area contributed by atoms with E-state index < -0.39 is 0 Å². The van der Waals surface area contributed by atoms with E-state index in [2.05, 4.69) is 31.4 Å². The van der Waals surface area contributed by atoms with Gasteiger partial charge in [-0.25, -0.2) is 0 Å². The topological polar surface area (TPSA) is 24.1 Å². The molecule has 2 N–H and O–H groups in total. The smallest absolute Gasteiger partial charge is 0.0426 e. The third kappa shape index (κ3) is 4.57. The van der Waals surface area contributed by atoms with Crippen molar-refractivity contribution in [3.05, 3.63) is 28.8 Å². The molecule has 0 aliphatic heterocycles. The van der Waals surface area contributed by atoms with Crippen LogP contribution in [-0.2, 0) is 0 Å². The van der Waals surface area contributed by atoms with Gasteiger partial charge in [0.2, 0.25) is 0 Å². The predicted octanol–water partition coefficient (Wildman–Crippen LogP) is 3.55. The standard InChI is InChI=1S/C14H23ClN2/c1-10(2)12(8-16-4)9-17-14-7-13(15)6-5-11(14)3/h5-7,10,12,16-17H,8-9H2,1-4H3. The van der Waals surface area contributed by atoms with Crippen LogP contribution < -0.4 is 10.6 Å². The molecule has 0 bridgehead atoms. The summed E-state index contributed by atoms with van der Waals surface area (Å²) in [6, 6.07) is 5.97. The monoisotopic (exact) mass is 254 g/mol. The van der Waals surface area contributed by atoms with Crippen molar-refractivity contribution in [1.82, 2.24) is 5.32 Å². The Morgan fingerprint density at radius 3 is 2.53 bits per heavy atom. The van der Waals surface area contributed by atoms with E-state index in [4.69, 9.17) is 11.6 Å². The van der Waals surface area contributed by atoms with Crippen LogP contribution in [0.15, 0.2) is 18.2 Å². The van der Waals surface area contributed by atoms with Gasteiger partial charge >= 0.3 is 0 Å². The number of rotatable bonds is 6. The first-order valence-corrected chi connectivity index (χ1v) is 6.57. The van der Waals surface area contributed by atoms with Crippen molar-refractivity contribution in [3.8, 4) is 0 Å². The Hall–Kier alpha value is -0.730. The first-order chi connectivity index (χ1) is 8.04. The minimum Gasteiger partial charge on any atom is -0.384 e. The molecule has 1 rings (SSSR count). The third-order valence-corrected chi connectivity index (χ3v) is 3.40. The molecule has 0 saturated carbocycles. The molecule has 0 radical (unpaired) electrons. The van der Waals surface area contributed by atoms with Gasteiger partial charge in [-0.3, -0.25) is 0 Å². The van der Waals surface area contributed by atoms with Crippen LogP contribution >= 0.6 is 11.6 Å². The van der Waals surface area contributed by atoms with E-state index in [0.717, 1.165) is 23.8 Å². The van der Waals surface area contributed by atoms with Gasteiger partial charge in [0.1, 0.15) is 0 Å². The summed E-state index contributed by atoms with van der Waals surface area (Å²) >= 11 is 6.00. The summed E-state index contributed by atoms with van der Waals surface area (Å²) in [6.07, 6.45) is 0. The summed E-state index contributed by atoms with van der Waals surface area (Å²) in [6.45, 7) is 8.62. The van der Waals surface area contributed by atoms with Crippen LogP contribution in [0.2, 0.25) is 5.02 Å². The zero-order chi connectivity index (χ0) is 12.8. The maximum atomic E-state index is 6.00. The van der Waals surface area contributed by atoms with Crippen LogP contribution in [-0.4, -0.2) is 20.1 Å². The minimum atomic E-state index is 0.624. The lowest BCUT2D eigenvalue weighted by molar-refractivity contribution is 0.390. The van der Waals surface area contributed by atoms with Gasteiger partial charge in [-0.05, 0) is 50.0 Å². The fourth-order valence-electron chi connectivity index (χ4n) is 1.83. The lowest BCUT2D eigenvalue weighted by Crippen LogP contribution is -2.29. The number of benzene rings is 1. The van der Waals surface area contributed by atoms with Crippen molar-refractivity contribution >= 4 is 17.3 Å². The van der Waals surface area contributed by atoms with Gasteiger partial charge in [-0.2, -0.15) is 0 Å². The lowest BCUT2D eigenvalue weighted by Gasteiger charge is -2.22. The summed E-state index contributed by atoms with van der Waals surface area (Å²) in [5.41, 5.74) is 2.38. The van der Waals surface area contributed by atoms with Gasteiger partial charge in [0.25, 0.3) is 0 Å². The first-order valence-electron chi connectivity index (χ1n) is 6.19. The van der Waals surface area contributed by atoms with Gasteiger partial charge in [0.05, 0.1) is 0 Å². The predicted molar refractivity (Wildman–Crippen MR) is 76.9 cm³/mol. The molecule has 1 atom stereocenters. The van der Waals surface area contributed by atoms with Crippen molar-refractivity contribution < 1.29 is 0 Å². The van der Waals surface area contributed by atoms with E-state index in [1.807, 2.05) is 25.2 Å². The summed E-state index contributed by atoms with van der Waals surface area (Å²) in [4.78, 5) is 0. The molecule has 2 nitrogen and oxygen atoms in total. The number of hydrogen-bond donors (Lipinski definition) is 2. The molecule has 0 aliphatic rings. The van der Waals surface area contributed by atoms with E-state index in [0.29, 0.717) is 11.8 Å². The summed E-state index contributed by atoms with van der Waals surface area (Å²) in [5.74, 6) is 1.29. The maximum Gasteiger partial charge on any atom is 0.0426 e. The second-order valence-corrected chi connectivity index (χ2v) is 5.34. The highest BCUT2D eigenvalue weighted by Crippen LogP contribution is 2.21. The first kappa shape index (κ1) is 14.3. The summed E-state index contributed by atoms with van der Waals surface area (Å²) in [5, 5.41) is 7.53. The molecule has 0 fully saturated rings. The average molecular weight is 255 g/mol. The van der Waals surface area contributed by atoms with Crippen LogP contribution in [0.25, 0.3) is 0 Å². The van der Waals surface area contributed by atoms with Crippen LogP contribution in [0.3, 0.4) is 0 Å². The van der Waals surface area contributed by atoms with Gasteiger partial charge < -0.3 is 10.6 Å². The highest BCUT2D eigenvalue weighted by Gasteiger charge is 2.12. The molecule has 0 heterocycles. The molecular formula is C14H23ClN2. The number of aryl methyl sites for hydroxylation is 1. The third-order valence-electron chi connectivity index (χ3n) is 3.16. The molecule has 0 saturated heterocycles. The Labute approximate surface area is 110 Å². The highest BCUT2D eigenvalue weighted by atomic mass is 35.5. The number of hydrogen-bond acceptors (Lipinski definition) is 2. The molecule has 1 aromatic carbocycles. The molecule has 1 unspecified atom stereocenters. The molecule has 0 aliphatic carbocycles. The second kappa shape index (κ2) is 6.87. The molecule has 1 aromatic rings. The van der Waals surface area contributed by atoms with Crippen molar-refractivity contribution in [1.29, 1.82) is 0 Å². The summed E-state index contributed by atoms with van der Waals surface area (Å²) < 4.78 is 0. The highest BCUT2D eigenvalue weighted by molar-refractivity contribution is 6.30. The fourth-order valence-corrected chi connectivity index (χ4v) is 2.00. The SMILES string of the molecule is CNCC(CNc1cc(Cl)ccc1C)C(C)C. The Bertz CT molecular complexity index is 350. The normalized spacial score (nSPS) is 12.8. The molecule has 0 amide bonds. The van der Waals surface area contributed by atoms with E-state index in [1.165, 1.54) is 5.56 Å². The fraction of sp³-hybridized carbons (Fsp3) is 0.571. The number of nitrogens with one attached hydrogen (secondary N) is 2. The van der Waals surface area contributed by atoms with Gasteiger partial charge in [0.15, 0.2) is 0 Å². The minimum absolute atomic E-state index is 0.624. The van der Waals surface area contributed by atoms with Crippen molar-refractivity contribution in [2.45, 2.75) is 20.8 Å². The molecule has 0 spiro atoms. The van der Waals surface area contributed by atoms with Crippen LogP contribution in [0, 0.1) is 18.8 Å². The van der Waals surface area contributed by atoms with Gasteiger partial charge in [-0.15, -0.1) is 0 Å². The number of halogens is 1. The Balaban J connectivity index is 2.61. The van der Waals surface area contributed by atoms with Crippen LogP contribution in [0.1, 0.15) is 19.4 Å². The Morgan fingerprint density at radius 2 is 1.94 bits per heavy atom. The van der Waals surface area contributed by atoms with E-state index in [-0.39, 0.29) is 0 Å². The van der Waals surface area contributed by atoms with Crippen molar-refractivity contribution in [3.63, 3.8) is 0 Å². The second-order valence-electron chi connectivity index (χ2n) is 4.90.